The van der Waals surface area contributed by atoms with E-state index >= 15 is 0 Å². The number of phenols is 1. The van der Waals surface area contributed by atoms with Gasteiger partial charge < -0.3 is 10.2 Å². The Labute approximate surface area is 81.6 Å². The lowest BCUT2D eigenvalue weighted by atomic mass is 10.1. The summed E-state index contributed by atoms with van der Waals surface area (Å²) < 4.78 is 0. The largest absolute Gasteiger partial charge is 0.508 e. The Balaban J connectivity index is 2.16. The lowest BCUT2D eigenvalue weighted by Crippen LogP contribution is -2.02. The molecule has 2 rings (SSSR count). The molecular formula is C10H12O2S. The van der Waals surface area contributed by atoms with Crippen LogP contribution in [0.4, 0.5) is 0 Å². The molecule has 1 heterocycles. The van der Waals surface area contributed by atoms with Crippen LogP contribution < -0.4 is 0 Å². The Morgan fingerprint density at radius 3 is 3.08 bits per heavy atom. The molecule has 0 aliphatic carbocycles. The molecule has 1 aliphatic heterocycles. The lowest BCUT2D eigenvalue weighted by Gasteiger charge is -2.03. The molecule has 13 heavy (non-hydrogen) atoms. The van der Waals surface area contributed by atoms with Crippen molar-refractivity contribution >= 4 is 11.8 Å². The Morgan fingerprint density at radius 2 is 2.31 bits per heavy atom. The third kappa shape index (κ3) is 1.81. The standard InChI is InChI=1S/C10H12O2S/c11-4-3-9-6-7-5-8(12)1-2-10(7)13-9/h1-2,5,9,11-12H,3-4,6H2. The van der Waals surface area contributed by atoms with Gasteiger partial charge in [0.05, 0.1) is 0 Å². The summed E-state index contributed by atoms with van der Waals surface area (Å²) in [7, 11) is 0. The van der Waals surface area contributed by atoms with Crippen molar-refractivity contribution in [2.75, 3.05) is 6.61 Å². The van der Waals surface area contributed by atoms with Crippen LogP contribution in [0, 0.1) is 0 Å². The van der Waals surface area contributed by atoms with Crippen molar-refractivity contribution in [1.82, 2.24) is 0 Å². The molecule has 0 saturated carbocycles. The van der Waals surface area contributed by atoms with Gasteiger partial charge in [0.1, 0.15) is 5.75 Å². The summed E-state index contributed by atoms with van der Waals surface area (Å²) in [6.45, 7) is 0.248. The molecule has 2 nitrogen and oxygen atoms in total. The second-order valence-corrected chi connectivity index (χ2v) is 4.59. The topological polar surface area (TPSA) is 40.5 Å². The number of thioether (sulfide) groups is 1. The van der Waals surface area contributed by atoms with Crippen molar-refractivity contribution < 1.29 is 10.2 Å². The predicted octanol–water partition coefficient (Wildman–Crippen LogP) is 1.79. The minimum Gasteiger partial charge on any atom is -0.508 e. The molecule has 3 heteroatoms. The normalized spacial score (nSPS) is 20.2. The molecule has 0 aromatic heterocycles. The van der Waals surface area contributed by atoms with Gasteiger partial charge in [0.2, 0.25) is 0 Å². The molecule has 1 aliphatic rings. The smallest absolute Gasteiger partial charge is 0.115 e. The first-order chi connectivity index (χ1) is 6.29. The first kappa shape index (κ1) is 8.91. The fourth-order valence-electron chi connectivity index (χ4n) is 1.61. The van der Waals surface area contributed by atoms with Gasteiger partial charge in [0, 0.05) is 16.8 Å². The Kier molecular flexibility index (Phi) is 2.47. The summed E-state index contributed by atoms with van der Waals surface area (Å²) in [4.78, 5) is 1.25. The summed E-state index contributed by atoms with van der Waals surface area (Å²) in [6, 6.07) is 5.49. The van der Waals surface area contributed by atoms with E-state index in [0.29, 0.717) is 11.0 Å². The molecule has 1 atom stereocenters. The van der Waals surface area contributed by atoms with Crippen LogP contribution in [0.1, 0.15) is 12.0 Å². The number of aliphatic hydroxyl groups excluding tert-OH is 1. The molecule has 0 saturated heterocycles. The molecule has 1 unspecified atom stereocenters. The Morgan fingerprint density at radius 1 is 1.46 bits per heavy atom. The summed E-state index contributed by atoms with van der Waals surface area (Å²) in [5, 5.41) is 18.5. The number of rotatable bonds is 2. The first-order valence-corrected chi connectivity index (χ1v) is 5.27. The average Bonchev–Trinajstić information content (AvgIpc) is 2.46. The summed E-state index contributed by atoms with van der Waals surface area (Å²) in [6.07, 6.45) is 1.80. The lowest BCUT2D eigenvalue weighted by molar-refractivity contribution is 0.287. The molecule has 0 amide bonds. The summed E-state index contributed by atoms with van der Waals surface area (Å²) in [5.41, 5.74) is 1.21. The van der Waals surface area contributed by atoms with Crippen molar-refractivity contribution in [2.24, 2.45) is 0 Å². The zero-order valence-corrected chi connectivity index (χ0v) is 8.05. The van der Waals surface area contributed by atoms with Gasteiger partial charge in [-0.2, -0.15) is 0 Å². The van der Waals surface area contributed by atoms with Crippen molar-refractivity contribution in [1.29, 1.82) is 0 Å². The van der Waals surface area contributed by atoms with Gasteiger partial charge in [-0.1, -0.05) is 0 Å². The van der Waals surface area contributed by atoms with E-state index in [1.54, 1.807) is 17.8 Å². The Hall–Kier alpha value is -0.670. The minimum atomic E-state index is 0.248. The van der Waals surface area contributed by atoms with Crippen LogP contribution in [-0.4, -0.2) is 22.1 Å². The van der Waals surface area contributed by atoms with Crippen LogP contribution in [0.25, 0.3) is 0 Å². The van der Waals surface area contributed by atoms with E-state index in [1.807, 2.05) is 12.1 Å². The second-order valence-electron chi connectivity index (χ2n) is 3.25. The van der Waals surface area contributed by atoms with E-state index in [1.165, 1.54) is 10.5 Å². The van der Waals surface area contributed by atoms with Crippen LogP contribution in [0.5, 0.6) is 5.75 Å². The highest BCUT2D eigenvalue weighted by atomic mass is 32.2. The average molecular weight is 196 g/mol. The summed E-state index contributed by atoms with van der Waals surface area (Å²) >= 11 is 1.80. The maximum Gasteiger partial charge on any atom is 0.115 e. The van der Waals surface area contributed by atoms with E-state index in [2.05, 4.69) is 0 Å². The van der Waals surface area contributed by atoms with E-state index in [0.717, 1.165) is 12.8 Å². The second kappa shape index (κ2) is 3.60. The quantitative estimate of drug-likeness (QED) is 0.757. The zero-order chi connectivity index (χ0) is 9.26. The third-order valence-corrected chi connectivity index (χ3v) is 3.62. The molecule has 70 valence electrons. The van der Waals surface area contributed by atoms with Crippen LogP contribution >= 0.6 is 11.8 Å². The van der Waals surface area contributed by atoms with E-state index in [9.17, 15) is 5.11 Å². The van der Waals surface area contributed by atoms with Crippen LogP contribution in [-0.2, 0) is 6.42 Å². The molecule has 0 bridgehead atoms. The Bertz CT molecular complexity index is 312. The first-order valence-electron chi connectivity index (χ1n) is 4.39. The van der Waals surface area contributed by atoms with Gasteiger partial charge in [0.15, 0.2) is 0 Å². The molecular weight excluding hydrogens is 184 g/mol. The van der Waals surface area contributed by atoms with Crippen molar-refractivity contribution in [3.05, 3.63) is 23.8 Å². The minimum absolute atomic E-state index is 0.248. The molecule has 0 radical (unpaired) electrons. The van der Waals surface area contributed by atoms with E-state index in [4.69, 9.17) is 5.11 Å². The highest BCUT2D eigenvalue weighted by molar-refractivity contribution is 8.00. The predicted molar refractivity (Wildman–Crippen MR) is 53.2 cm³/mol. The van der Waals surface area contributed by atoms with Crippen molar-refractivity contribution in [2.45, 2.75) is 23.0 Å². The van der Waals surface area contributed by atoms with E-state index in [-0.39, 0.29) is 6.61 Å². The number of fused-ring (bicyclic) bond motifs is 1. The monoisotopic (exact) mass is 196 g/mol. The highest BCUT2D eigenvalue weighted by Gasteiger charge is 2.21. The maximum atomic E-state index is 9.25. The number of benzene rings is 1. The van der Waals surface area contributed by atoms with Gasteiger partial charge in [-0.3, -0.25) is 0 Å². The number of aliphatic hydroxyl groups is 1. The zero-order valence-electron chi connectivity index (χ0n) is 7.23. The number of phenolic OH excluding ortho intramolecular Hbond substituents is 1. The van der Waals surface area contributed by atoms with Gasteiger partial charge >= 0.3 is 0 Å². The fourth-order valence-corrected chi connectivity index (χ4v) is 2.90. The van der Waals surface area contributed by atoms with Crippen LogP contribution in [0.15, 0.2) is 23.1 Å². The van der Waals surface area contributed by atoms with Gasteiger partial charge in [-0.25, -0.2) is 0 Å². The van der Waals surface area contributed by atoms with Crippen molar-refractivity contribution in [3.8, 4) is 5.75 Å². The highest BCUT2D eigenvalue weighted by Crippen LogP contribution is 2.39. The SMILES string of the molecule is OCCC1Cc2cc(O)ccc2S1. The number of hydrogen-bond donors (Lipinski definition) is 2. The van der Waals surface area contributed by atoms with E-state index < -0.39 is 0 Å². The van der Waals surface area contributed by atoms with Gasteiger partial charge in [0.25, 0.3) is 0 Å². The summed E-state index contributed by atoms with van der Waals surface area (Å²) in [5.74, 6) is 0.337. The maximum absolute atomic E-state index is 9.25. The molecule has 0 fully saturated rings. The third-order valence-electron chi connectivity index (χ3n) is 2.24. The van der Waals surface area contributed by atoms with Crippen molar-refractivity contribution in [3.63, 3.8) is 0 Å². The van der Waals surface area contributed by atoms with Crippen LogP contribution in [0.2, 0.25) is 0 Å². The molecule has 1 aromatic carbocycles. The molecule has 1 aromatic rings. The molecule has 2 N–H and O–H groups in total. The van der Waals surface area contributed by atoms with Gasteiger partial charge in [-0.05, 0) is 36.6 Å². The van der Waals surface area contributed by atoms with Gasteiger partial charge in [-0.15, -0.1) is 11.8 Å². The fraction of sp³-hybridized carbons (Fsp3) is 0.400. The van der Waals surface area contributed by atoms with Crippen LogP contribution in [0.3, 0.4) is 0 Å². The number of hydrogen-bond acceptors (Lipinski definition) is 3. The number of aromatic hydroxyl groups is 1. The molecule has 0 spiro atoms.